The molecule has 0 spiro atoms. The molecule has 0 bridgehead atoms. The van der Waals surface area contributed by atoms with E-state index < -0.39 is 15.3 Å². The van der Waals surface area contributed by atoms with Crippen LogP contribution in [0.3, 0.4) is 0 Å². The fourth-order valence-electron chi connectivity index (χ4n) is 2.68. The van der Waals surface area contributed by atoms with Crippen LogP contribution in [0.4, 0.5) is 0 Å². The zero-order chi connectivity index (χ0) is 17.5. The van der Waals surface area contributed by atoms with Crippen molar-refractivity contribution in [1.29, 1.82) is 0 Å². The third-order valence-corrected chi connectivity index (χ3v) is 7.24. The molecule has 0 saturated carbocycles. The van der Waals surface area contributed by atoms with Crippen LogP contribution < -0.4 is 0 Å². The van der Waals surface area contributed by atoms with Crippen molar-refractivity contribution in [2.24, 2.45) is 0 Å². The average molecular weight is 345 g/mol. The summed E-state index contributed by atoms with van der Waals surface area (Å²) in [5.74, 6) is 0. The van der Waals surface area contributed by atoms with E-state index in [9.17, 15) is 8.42 Å². The maximum Gasteiger partial charge on any atom is 0.490 e. The zero-order valence-electron chi connectivity index (χ0n) is 15.0. The van der Waals surface area contributed by atoms with E-state index in [2.05, 4.69) is 0 Å². The average Bonchev–Trinajstić information content (AvgIpc) is 2.68. The van der Waals surface area contributed by atoms with E-state index in [1.807, 2.05) is 33.8 Å². The van der Waals surface area contributed by atoms with Gasteiger partial charge in [-0.3, -0.25) is 0 Å². The van der Waals surface area contributed by atoms with Gasteiger partial charge in [0, 0.05) is 20.2 Å². The third kappa shape index (κ3) is 3.66. The summed E-state index contributed by atoms with van der Waals surface area (Å²) in [6.07, 6.45) is 2.54. The minimum atomic E-state index is -3.33. The van der Waals surface area contributed by atoms with Crippen LogP contribution in [0.2, 0.25) is 0 Å². The molecule has 23 heavy (non-hydrogen) atoms. The summed E-state index contributed by atoms with van der Waals surface area (Å²) in [5, 5.41) is -0.542. The minimum Gasteiger partial charge on any atom is -0.400 e. The lowest BCUT2D eigenvalue weighted by atomic mass is 9.75. The summed E-state index contributed by atoms with van der Waals surface area (Å²) in [5.41, 5.74) is 0.262. The van der Waals surface area contributed by atoms with Gasteiger partial charge in [0.25, 0.3) is 0 Å². The SMILES string of the molecule is COCC(C)S(=O)(=O)N1CC=C(B2OC(C)(C)C(C)(C)O2)CC1. The van der Waals surface area contributed by atoms with Crippen molar-refractivity contribution < 1.29 is 22.5 Å². The number of hydrogen-bond donors (Lipinski definition) is 0. The van der Waals surface area contributed by atoms with E-state index >= 15 is 0 Å². The van der Waals surface area contributed by atoms with Crippen molar-refractivity contribution in [2.75, 3.05) is 26.8 Å². The Balaban J connectivity index is 2.05. The van der Waals surface area contributed by atoms with Crippen molar-refractivity contribution in [1.82, 2.24) is 4.31 Å². The maximum absolute atomic E-state index is 12.5. The Morgan fingerprint density at radius 2 is 1.87 bits per heavy atom. The van der Waals surface area contributed by atoms with E-state index in [1.54, 1.807) is 6.92 Å². The summed E-state index contributed by atoms with van der Waals surface area (Å²) in [7, 11) is -2.21. The summed E-state index contributed by atoms with van der Waals surface area (Å²) in [4.78, 5) is 0. The van der Waals surface area contributed by atoms with Gasteiger partial charge in [0.15, 0.2) is 0 Å². The second-order valence-electron chi connectivity index (χ2n) is 7.29. The molecule has 1 fully saturated rings. The Morgan fingerprint density at radius 3 is 2.30 bits per heavy atom. The summed E-state index contributed by atoms with van der Waals surface area (Å²) < 4.78 is 43.5. The highest BCUT2D eigenvalue weighted by Gasteiger charge is 2.52. The molecule has 8 heteroatoms. The van der Waals surface area contributed by atoms with Gasteiger partial charge in [-0.15, -0.1) is 0 Å². The van der Waals surface area contributed by atoms with Crippen molar-refractivity contribution >= 4 is 17.1 Å². The molecular weight excluding hydrogens is 317 g/mol. The quantitative estimate of drug-likeness (QED) is 0.709. The number of ether oxygens (including phenoxy) is 1. The summed E-state index contributed by atoms with van der Waals surface area (Å²) in [6, 6.07) is 0. The molecule has 1 saturated heterocycles. The van der Waals surface area contributed by atoms with Crippen LogP contribution in [-0.4, -0.2) is 63.1 Å². The lowest BCUT2D eigenvalue weighted by Gasteiger charge is -2.32. The first-order valence-corrected chi connectivity index (χ1v) is 9.54. The van der Waals surface area contributed by atoms with Gasteiger partial charge in [-0.25, -0.2) is 8.42 Å². The Bertz CT molecular complexity index is 556. The van der Waals surface area contributed by atoms with Crippen molar-refractivity contribution in [3.05, 3.63) is 11.5 Å². The van der Waals surface area contributed by atoms with Gasteiger partial charge < -0.3 is 14.0 Å². The monoisotopic (exact) mass is 345 g/mol. The number of nitrogens with zero attached hydrogens (tertiary/aromatic N) is 1. The van der Waals surface area contributed by atoms with E-state index in [0.29, 0.717) is 19.5 Å². The maximum atomic E-state index is 12.5. The highest BCUT2D eigenvalue weighted by atomic mass is 32.2. The van der Waals surface area contributed by atoms with Crippen LogP contribution in [0.5, 0.6) is 0 Å². The first-order chi connectivity index (χ1) is 10.5. The molecule has 2 aliphatic heterocycles. The molecule has 0 aromatic rings. The fourth-order valence-corrected chi connectivity index (χ4v) is 4.13. The molecular formula is C15H28BNO5S. The van der Waals surface area contributed by atoms with E-state index in [1.165, 1.54) is 11.4 Å². The fraction of sp³-hybridized carbons (Fsp3) is 0.867. The predicted molar refractivity (Wildman–Crippen MR) is 90.6 cm³/mol. The Kier molecular flexibility index (Phi) is 5.33. The number of methoxy groups -OCH3 is 1. The smallest absolute Gasteiger partial charge is 0.400 e. The first-order valence-electron chi connectivity index (χ1n) is 8.04. The van der Waals surface area contributed by atoms with Crippen molar-refractivity contribution in [3.63, 3.8) is 0 Å². The Labute approximate surface area is 140 Å². The van der Waals surface area contributed by atoms with Crippen LogP contribution in [0.1, 0.15) is 41.0 Å². The second kappa shape index (κ2) is 6.48. The minimum absolute atomic E-state index is 0.201. The molecule has 0 aliphatic carbocycles. The highest BCUT2D eigenvalue weighted by molar-refractivity contribution is 7.89. The molecule has 0 amide bonds. The van der Waals surface area contributed by atoms with Crippen molar-refractivity contribution in [2.45, 2.75) is 57.5 Å². The van der Waals surface area contributed by atoms with Crippen LogP contribution >= 0.6 is 0 Å². The molecule has 0 aromatic carbocycles. The molecule has 0 N–H and O–H groups in total. The molecule has 0 radical (unpaired) electrons. The number of rotatable bonds is 5. The predicted octanol–water partition coefficient (Wildman–Crippen LogP) is 1.61. The lowest BCUT2D eigenvalue weighted by Crippen LogP contribution is -2.43. The van der Waals surface area contributed by atoms with Crippen LogP contribution in [-0.2, 0) is 24.1 Å². The van der Waals surface area contributed by atoms with Crippen LogP contribution in [0.25, 0.3) is 0 Å². The molecule has 0 aromatic heterocycles. The zero-order valence-corrected chi connectivity index (χ0v) is 15.8. The number of hydrogen-bond acceptors (Lipinski definition) is 5. The third-order valence-electron chi connectivity index (χ3n) is 5.03. The normalized spacial score (nSPS) is 26.2. The molecule has 1 unspecified atom stereocenters. The Morgan fingerprint density at radius 1 is 1.30 bits per heavy atom. The van der Waals surface area contributed by atoms with Gasteiger partial charge >= 0.3 is 7.12 Å². The summed E-state index contributed by atoms with van der Waals surface area (Å²) >= 11 is 0. The first kappa shape index (κ1) is 18.9. The molecule has 2 heterocycles. The molecule has 1 atom stereocenters. The molecule has 2 aliphatic rings. The summed E-state index contributed by atoms with van der Waals surface area (Å²) in [6.45, 7) is 10.7. The van der Waals surface area contributed by atoms with Gasteiger partial charge in [0.05, 0.1) is 23.1 Å². The van der Waals surface area contributed by atoms with Crippen molar-refractivity contribution in [3.8, 4) is 0 Å². The van der Waals surface area contributed by atoms with Crippen LogP contribution in [0, 0.1) is 0 Å². The van der Waals surface area contributed by atoms with Gasteiger partial charge in [0.2, 0.25) is 10.0 Å². The largest absolute Gasteiger partial charge is 0.490 e. The highest BCUT2D eigenvalue weighted by Crippen LogP contribution is 2.39. The standard InChI is InChI=1S/C15H28BNO5S/c1-12(11-20-6)23(18,19)17-9-7-13(8-10-17)16-21-14(2,3)15(4,5)22-16/h7,12H,8-11H2,1-6H3. The lowest BCUT2D eigenvalue weighted by molar-refractivity contribution is 0.00578. The Hall–Kier alpha value is -0.405. The van der Waals surface area contributed by atoms with E-state index in [-0.39, 0.29) is 24.9 Å². The van der Waals surface area contributed by atoms with E-state index in [4.69, 9.17) is 14.0 Å². The second-order valence-corrected chi connectivity index (χ2v) is 9.64. The van der Waals surface area contributed by atoms with Gasteiger partial charge in [0.1, 0.15) is 0 Å². The van der Waals surface area contributed by atoms with E-state index in [0.717, 1.165) is 5.47 Å². The van der Waals surface area contributed by atoms with Gasteiger partial charge in [-0.05, 0) is 46.5 Å². The van der Waals surface area contributed by atoms with Gasteiger partial charge in [-0.2, -0.15) is 4.31 Å². The van der Waals surface area contributed by atoms with Crippen LogP contribution in [0.15, 0.2) is 11.5 Å². The molecule has 132 valence electrons. The van der Waals surface area contributed by atoms with Gasteiger partial charge in [-0.1, -0.05) is 6.08 Å². The molecule has 6 nitrogen and oxygen atoms in total. The topological polar surface area (TPSA) is 65.1 Å². The molecule has 2 rings (SSSR count). The number of sulfonamides is 1.